The molecule has 0 aromatic heterocycles. The Morgan fingerprint density at radius 2 is 1.84 bits per heavy atom. The molecule has 1 atom stereocenters. The fraction of sp³-hybridized carbons (Fsp3) is 0.348. The van der Waals surface area contributed by atoms with Crippen LogP contribution in [0, 0.1) is 0 Å². The van der Waals surface area contributed by atoms with E-state index in [0.717, 1.165) is 22.3 Å². The highest BCUT2D eigenvalue weighted by Crippen LogP contribution is 2.31. The third-order valence-electron chi connectivity index (χ3n) is 6.35. The number of nitrogens with zero attached hydrogens (tertiary/aromatic N) is 2. The molecule has 2 aromatic rings. The molecule has 8 nitrogen and oxygen atoms in total. The maximum atomic E-state index is 12.9. The van der Waals surface area contributed by atoms with E-state index in [4.69, 9.17) is 0 Å². The second-order valence-electron chi connectivity index (χ2n) is 8.48. The van der Waals surface area contributed by atoms with Crippen molar-refractivity contribution >= 4 is 27.7 Å². The molecule has 166 valence electrons. The molecule has 0 spiro atoms. The minimum Gasteiger partial charge on any atom is -0.322 e. The molecule has 3 aliphatic rings. The lowest BCUT2D eigenvalue weighted by molar-refractivity contribution is -0.136. The third kappa shape index (κ3) is 3.71. The van der Waals surface area contributed by atoms with E-state index < -0.39 is 22.0 Å². The van der Waals surface area contributed by atoms with Gasteiger partial charge in [0, 0.05) is 31.6 Å². The number of sulfonamides is 1. The van der Waals surface area contributed by atoms with Gasteiger partial charge in [-0.1, -0.05) is 24.3 Å². The lowest BCUT2D eigenvalue weighted by Crippen LogP contribution is -2.52. The van der Waals surface area contributed by atoms with Crippen molar-refractivity contribution in [2.75, 3.05) is 12.3 Å². The van der Waals surface area contributed by atoms with E-state index in [2.05, 4.69) is 5.32 Å². The summed E-state index contributed by atoms with van der Waals surface area (Å²) in [5.41, 5.74) is 4.18. The highest BCUT2D eigenvalue weighted by molar-refractivity contribution is 7.89. The molecular weight excluding hydrogens is 430 g/mol. The van der Waals surface area contributed by atoms with Gasteiger partial charge in [-0.3, -0.25) is 19.7 Å². The van der Waals surface area contributed by atoms with Gasteiger partial charge in [-0.05, 0) is 53.3 Å². The lowest BCUT2D eigenvalue weighted by Gasteiger charge is -2.29. The van der Waals surface area contributed by atoms with E-state index in [1.807, 2.05) is 36.4 Å². The highest BCUT2D eigenvalue weighted by Gasteiger charge is 2.39. The number of hydrogen-bond donors (Lipinski definition) is 1. The predicted octanol–water partition coefficient (Wildman–Crippen LogP) is 1.65. The molecule has 3 amide bonds. The van der Waals surface area contributed by atoms with Gasteiger partial charge in [0.05, 0.1) is 5.75 Å². The predicted molar refractivity (Wildman–Crippen MR) is 117 cm³/mol. The molecule has 2 aromatic carbocycles. The number of rotatable bonds is 4. The molecule has 3 aliphatic heterocycles. The van der Waals surface area contributed by atoms with Crippen molar-refractivity contribution < 1.29 is 22.8 Å². The van der Waals surface area contributed by atoms with Gasteiger partial charge in [0.1, 0.15) is 6.04 Å². The van der Waals surface area contributed by atoms with Crippen LogP contribution < -0.4 is 5.32 Å². The van der Waals surface area contributed by atoms with Crippen LogP contribution in [0.15, 0.2) is 42.5 Å². The first kappa shape index (κ1) is 20.8. The van der Waals surface area contributed by atoms with Crippen molar-refractivity contribution in [3.8, 4) is 11.1 Å². The van der Waals surface area contributed by atoms with Gasteiger partial charge < -0.3 is 4.90 Å². The molecular formula is C23H23N3O5S. The Hall–Kier alpha value is -3.04. The molecule has 0 saturated carbocycles. The van der Waals surface area contributed by atoms with E-state index in [1.54, 1.807) is 6.07 Å². The summed E-state index contributed by atoms with van der Waals surface area (Å²) < 4.78 is 25.8. The van der Waals surface area contributed by atoms with Crippen molar-refractivity contribution in [2.24, 2.45) is 0 Å². The van der Waals surface area contributed by atoms with Gasteiger partial charge in [-0.15, -0.1) is 0 Å². The van der Waals surface area contributed by atoms with Crippen molar-refractivity contribution in [2.45, 2.75) is 38.4 Å². The van der Waals surface area contributed by atoms with E-state index in [9.17, 15) is 22.8 Å². The number of hydrogen-bond acceptors (Lipinski definition) is 5. The van der Waals surface area contributed by atoms with Crippen LogP contribution >= 0.6 is 0 Å². The molecule has 0 aliphatic carbocycles. The average molecular weight is 454 g/mol. The minimum atomic E-state index is -3.17. The van der Waals surface area contributed by atoms with E-state index in [1.165, 1.54) is 9.21 Å². The second kappa shape index (κ2) is 7.83. The maximum absolute atomic E-state index is 12.9. The van der Waals surface area contributed by atoms with Crippen LogP contribution in [0.25, 0.3) is 11.1 Å². The minimum absolute atomic E-state index is 0.200. The quantitative estimate of drug-likeness (QED) is 0.709. The van der Waals surface area contributed by atoms with Crippen LogP contribution in [-0.4, -0.2) is 53.7 Å². The molecule has 5 rings (SSSR count). The average Bonchev–Trinajstić information content (AvgIpc) is 3.26. The number of benzene rings is 2. The number of carbonyl (C=O) groups excluding carboxylic acids is 3. The summed E-state index contributed by atoms with van der Waals surface area (Å²) in [6, 6.07) is 12.7. The van der Waals surface area contributed by atoms with Crippen LogP contribution in [0.3, 0.4) is 0 Å². The van der Waals surface area contributed by atoms with Gasteiger partial charge >= 0.3 is 0 Å². The number of carbonyl (C=O) groups is 3. The molecule has 2 saturated heterocycles. The molecule has 2 fully saturated rings. The van der Waals surface area contributed by atoms with Crippen molar-refractivity contribution in [1.29, 1.82) is 0 Å². The monoisotopic (exact) mass is 453 g/mol. The normalized spacial score (nSPS) is 22.8. The first-order valence-corrected chi connectivity index (χ1v) is 12.3. The Bertz CT molecular complexity index is 1240. The van der Waals surface area contributed by atoms with E-state index in [0.29, 0.717) is 38.0 Å². The number of imide groups is 1. The summed E-state index contributed by atoms with van der Waals surface area (Å²) >= 11 is 0. The molecule has 0 radical (unpaired) electrons. The number of amides is 3. The van der Waals surface area contributed by atoms with Crippen LogP contribution in [0.5, 0.6) is 0 Å². The summed E-state index contributed by atoms with van der Waals surface area (Å²) in [7, 11) is -3.17. The lowest BCUT2D eigenvalue weighted by atomic mass is 9.99. The van der Waals surface area contributed by atoms with Crippen molar-refractivity contribution in [3.05, 3.63) is 59.2 Å². The number of fused-ring (bicyclic) bond motifs is 1. The van der Waals surface area contributed by atoms with E-state index >= 15 is 0 Å². The summed E-state index contributed by atoms with van der Waals surface area (Å²) in [6.45, 7) is 1.21. The van der Waals surface area contributed by atoms with Crippen LogP contribution in [-0.2, 0) is 32.7 Å². The van der Waals surface area contributed by atoms with Crippen molar-refractivity contribution in [1.82, 2.24) is 14.5 Å². The largest absolute Gasteiger partial charge is 0.322 e. The Kier molecular flexibility index (Phi) is 5.10. The van der Waals surface area contributed by atoms with Gasteiger partial charge in [-0.2, -0.15) is 4.31 Å². The zero-order valence-corrected chi connectivity index (χ0v) is 18.2. The molecule has 0 bridgehead atoms. The SMILES string of the molecule is O=C1CCC(N2Cc3cc(-c4cccc(CN5CCCS5(=O)=O)c4)ccc3C2=O)C(=O)N1. The fourth-order valence-corrected chi connectivity index (χ4v) is 6.18. The van der Waals surface area contributed by atoms with Crippen LogP contribution in [0.1, 0.15) is 40.7 Å². The third-order valence-corrected chi connectivity index (χ3v) is 8.25. The summed E-state index contributed by atoms with van der Waals surface area (Å²) in [5.74, 6) is -0.726. The maximum Gasteiger partial charge on any atom is 0.255 e. The Morgan fingerprint density at radius 3 is 2.59 bits per heavy atom. The first-order valence-electron chi connectivity index (χ1n) is 10.7. The smallest absolute Gasteiger partial charge is 0.255 e. The van der Waals surface area contributed by atoms with Crippen LogP contribution in [0.4, 0.5) is 0 Å². The Labute approximate surface area is 186 Å². The van der Waals surface area contributed by atoms with Gasteiger partial charge in [-0.25, -0.2) is 8.42 Å². The zero-order chi connectivity index (χ0) is 22.5. The Balaban J connectivity index is 1.37. The molecule has 1 unspecified atom stereocenters. The number of piperidine rings is 1. The standard InChI is InChI=1S/C23H23N3O5S/c27-21-8-7-20(22(28)24-21)26-14-18-12-17(5-6-19(18)23(26)29)16-4-1-3-15(11-16)13-25-9-2-10-32(25,30)31/h1,3-6,11-12,20H,2,7-10,13-14H2,(H,24,27,28). The van der Waals surface area contributed by atoms with E-state index in [-0.39, 0.29) is 24.0 Å². The topological polar surface area (TPSA) is 104 Å². The Morgan fingerprint density at radius 1 is 1.03 bits per heavy atom. The molecule has 3 heterocycles. The van der Waals surface area contributed by atoms with Crippen molar-refractivity contribution in [3.63, 3.8) is 0 Å². The fourth-order valence-electron chi connectivity index (χ4n) is 4.68. The number of nitrogens with one attached hydrogen (secondary N) is 1. The molecule has 9 heteroatoms. The van der Waals surface area contributed by atoms with Gasteiger partial charge in [0.25, 0.3) is 5.91 Å². The summed E-state index contributed by atoms with van der Waals surface area (Å²) in [4.78, 5) is 38.1. The summed E-state index contributed by atoms with van der Waals surface area (Å²) in [6.07, 6.45) is 1.21. The second-order valence-corrected chi connectivity index (χ2v) is 10.6. The van der Waals surface area contributed by atoms with Gasteiger partial charge in [0.15, 0.2) is 0 Å². The molecule has 1 N–H and O–H groups in total. The summed E-state index contributed by atoms with van der Waals surface area (Å²) in [5, 5.41) is 2.31. The zero-order valence-electron chi connectivity index (χ0n) is 17.4. The van der Waals surface area contributed by atoms with Crippen LogP contribution in [0.2, 0.25) is 0 Å². The first-order chi connectivity index (χ1) is 15.3. The molecule has 32 heavy (non-hydrogen) atoms. The highest BCUT2D eigenvalue weighted by atomic mass is 32.2. The van der Waals surface area contributed by atoms with Gasteiger partial charge in [0.2, 0.25) is 21.8 Å².